The molecule has 0 spiro atoms. The molecule has 0 aromatic carbocycles. The summed E-state index contributed by atoms with van der Waals surface area (Å²) >= 11 is 1.60. The van der Waals surface area contributed by atoms with Crippen LogP contribution in [0.5, 0.6) is 0 Å². The third-order valence-corrected chi connectivity index (χ3v) is 2.82. The maximum absolute atomic E-state index is 5.65. The Labute approximate surface area is 98.1 Å². The summed E-state index contributed by atoms with van der Waals surface area (Å²) in [5.41, 5.74) is 6.55. The van der Waals surface area contributed by atoms with Crippen molar-refractivity contribution < 1.29 is 0 Å². The summed E-state index contributed by atoms with van der Waals surface area (Å²) < 4.78 is 2.02. The molecule has 0 aliphatic rings. The number of hydrogen-bond donors (Lipinski definition) is 1. The van der Waals surface area contributed by atoms with E-state index in [1.165, 1.54) is 0 Å². The third-order valence-electron chi connectivity index (χ3n) is 1.99. The summed E-state index contributed by atoms with van der Waals surface area (Å²) in [4.78, 5) is 12.4. The van der Waals surface area contributed by atoms with Gasteiger partial charge in [0.05, 0.1) is 6.33 Å². The Morgan fingerprint density at radius 2 is 2.31 bits per heavy atom. The second kappa shape index (κ2) is 4.98. The number of nitrogens with zero attached hydrogens (tertiary/aromatic N) is 4. The van der Waals surface area contributed by atoms with Crippen molar-refractivity contribution in [2.75, 3.05) is 11.5 Å². The zero-order valence-electron chi connectivity index (χ0n) is 9.00. The van der Waals surface area contributed by atoms with Crippen LogP contribution in [-0.2, 0) is 6.54 Å². The summed E-state index contributed by atoms with van der Waals surface area (Å²) in [6.45, 7) is 2.81. The lowest BCUT2D eigenvalue weighted by atomic mass is 10.4. The number of aromatic nitrogens is 4. The van der Waals surface area contributed by atoms with Gasteiger partial charge in [-0.05, 0) is 6.92 Å². The van der Waals surface area contributed by atoms with Gasteiger partial charge in [-0.1, -0.05) is 11.8 Å². The molecule has 0 aliphatic heterocycles. The quantitative estimate of drug-likeness (QED) is 0.640. The number of aryl methyl sites for hydroxylation is 2. The molecule has 2 heterocycles. The van der Waals surface area contributed by atoms with E-state index in [1.54, 1.807) is 30.4 Å². The minimum atomic E-state index is 0.526. The minimum absolute atomic E-state index is 0.526. The Kier molecular flexibility index (Phi) is 3.40. The maximum Gasteiger partial charge on any atom is 0.189 e. The zero-order valence-corrected chi connectivity index (χ0v) is 9.81. The number of hydrogen-bond acceptors (Lipinski definition) is 5. The predicted octanol–water partition coefficient (Wildman–Crippen LogP) is 1.36. The van der Waals surface area contributed by atoms with Gasteiger partial charge in [0.15, 0.2) is 5.16 Å². The Balaban J connectivity index is 1.89. The molecule has 0 aliphatic carbocycles. The van der Waals surface area contributed by atoms with E-state index in [2.05, 4.69) is 15.0 Å². The summed E-state index contributed by atoms with van der Waals surface area (Å²) in [5.74, 6) is 1.43. The highest BCUT2D eigenvalue weighted by molar-refractivity contribution is 7.99. The number of imidazole rings is 1. The van der Waals surface area contributed by atoms with Gasteiger partial charge in [-0.3, -0.25) is 0 Å². The highest BCUT2D eigenvalue weighted by atomic mass is 32.2. The molecule has 2 rings (SSSR count). The van der Waals surface area contributed by atoms with Crippen molar-refractivity contribution in [3.63, 3.8) is 0 Å². The fraction of sp³-hybridized carbons (Fsp3) is 0.300. The van der Waals surface area contributed by atoms with E-state index in [4.69, 9.17) is 5.73 Å². The summed E-state index contributed by atoms with van der Waals surface area (Å²) in [7, 11) is 0. The van der Waals surface area contributed by atoms with Crippen LogP contribution in [-0.4, -0.2) is 25.3 Å². The van der Waals surface area contributed by atoms with Crippen molar-refractivity contribution in [3.05, 3.63) is 30.5 Å². The molecule has 0 unspecified atom stereocenters. The van der Waals surface area contributed by atoms with Gasteiger partial charge in [0.25, 0.3) is 0 Å². The average Bonchev–Trinajstić information content (AvgIpc) is 2.69. The smallest absolute Gasteiger partial charge is 0.189 e. The van der Waals surface area contributed by atoms with Crippen LogP contribution in [0.1, 0.15) is 5.69 Å². The van der Waals surface area contributed by atoms with E-state index in [-0.39, 0.29) is 0 Å². The number of anilines is 1. The predicted molar refractivity (Wildman–Crippen MR) is 64.1 cm³/mol. The number of nitrogen functional groups attached to an aromatic ring is 1. The first-order valence-electron chi connectivity index (χ1n) is 4.94. The van der Waals surface area contributed by atoms with E-state index >= 15 is 0 Å². The molecule has 2 N–H and O–H groups in total. The number of nitrogens with two attached hydrogens (primary N) is 1. The monoisotopic (exact) mass is 235 g/mol. The molecule has 0 atom stereocenters. The van der Waals surface area contributed by atoms with Crippen molar-refractivity contribution in [2.24, 2.45) is 0 Å². The Morgan fingerprint density at radius 1 is 1.44 bits per heavy atom. The van der Waals surface area contributed by atoms with Gasteiger partial charge in [-0.2, -0.15) is 0 Å². The maximum atomic E-state index is 5.65. The van der Waals surface area contributed by atoms with E-state index in [9.17, 15) is 0 Å². The highest BCUT2D eigenvalue weighted by Gasteiger charge is 2.00. The minimum Gasteiger partial charge on any atom is -0.384 e. The Bertz CT molecular complexity index is 434. The second-order valence-electron chi connectivity index (χ2n) is 3.37. The topological polar surface area (TPSA) is 69.6 Å². The van der Waals surface area contributed by atoms with Crippen LogP contribution in [0, 0.1) is 6.92 Å². The molecule has 84 valence electrons. The van der Waals surface area contributed by atoms with Gasteiger partial charge in [0.1, 0.15) is 5.82 Å². The van der Waals surface area contributed by atoms with Gasteiger partial charge < -0.3 is 10.3 Å². The first-order chi connectivity index (χ1) is 7.74. The molecule has 0 bridgehead atoms. The first kappa shape index (κ1) is 10.9. The fourth-order valence-electron chi connectivity index (χ4n) is 1.29. The van der Waals surface area contributed by atoms with Crippen LogP contribution in [0.4, 0.5) is 5.82 Å². The third kappa shape index (κ3) is 2.96. The summed E-state index contributed by atoms with van der Waals surface area (Å²) in [6.07, 6.45) is 5.50. The summed E-state index contributed by atoms with van der Waals surface area (Å²) in [5, 5.41) is 0.734. The molecule has 6 heteroatoms. The van der Waals surface area contributed by atoms with E-state index < -0.39 is 0 Å². The van der Waals surface area contributed by atoms with Crippen molar-refractivity contribution in [2.45, 2.75) is 18.6 Å². The molecule has 0 amide bonds. The lowest BCUT2D eigenvalue weighted by Crippen LogP contribution is -2.00. The van der Waals surface area contributed by atoms with E-state index in [0.29, 0.717) is 5.82 Å². The average molecular weight is 235 g/mol. The highest BCUT2D eigenvalue weighted by Crippen LogP contribution is 2.15. The van der Waals surface area contributed by atoms with E-state index in [1.807, 2.05) is 17.7 Å². The van der Waals surface area contributed by atoms with Crippen LogP contribution >= 0.6 is 11.8 Å². The van der Waals surface area contributed by atoms with Gasteiger partial charge >= 0.3 is 0 Å². The van der Waals surface area contributed by atoms with Crippen LogP contribution in [0.3, 0.4) is 0 Å². The molecule has 0 radical (unpaired) electrons. The van der Waals surface area contributed by atoms with Crippen LogP contribution < -0.4 is 5.73 Å². The van der Waals surface area contributed by atoms with Crippen LogP contribution in [0.15, 0.2) is 29.9 Å². The van der Waals surface area contributed by atoms with Crippen LogP contribution in [0.25, 0.3) is 0 Å². The van der Waals surface area contributed by atoms with Gasteiger partial charge in [-0.15, -0.1) is 0 Å². The van der Waals surface area contributed by atoms with Gasteiger partial charge in [0.2, 0.25) is 0 Å². The molecule has 0 saturated carbocycles. The molecule has 2 aromatic rings. The zero-order chi connectivity index (χ0) is 11.4. The molecule has 0 saturated heterocycles. The Morgan fingerprint density at radius 3 is 3.00 bits per heavy atom. The normalized spacial score (nSPS) is 10.6. The second-order valence-corrected chi connectivity index (χ2v) is 4.43. The molecule has 16 heavy (non-hydrogen) atoms. The van der Waals surface area contributed by atoms with Gasteiger partial charge in [-0.25, -0.2) is 15.0 Å². The molecular formula is C10H13N5S. The Hall–Kier alpha value is -1.56. The van der Waals surface area contributed by atoms with Crippen molar-refractivity contribution >= 4 is 17.6 Å². The lowest BCUT2D eigenvalue weighted by molar-refractivity contribution is 0.768. The van der Waals surface area contributed by atoms with Crippen molar-refractivity contribution in [3.8, 4) is 0 Å². The standard InChI is InChI=1S/C10H13N5S/c1-8-6-9(11)14-10(13-8)16-5-4-15-3-2-12-7-15/h2-3,6-7H,4-5H2,1H3,(H2,11,13,14). The largest absolute Gasteiger partial charge is 0.384 e. The number of rotatable bonds is 4. The molecule has 5 nitrogen and oxygen atoms in total. The molecule has 0 fully saturated rings. The van der Waals surface area contributed by atoms with E-state index in [0.717, 1.165) is 23.1 Å². The fourth-order valence-corrected chi connectivity index (χ4v) is 2.15. The lowest BCUT2D eigenvalue weighted by Gasteiger charge is -2.03. The SMILES string of the molecule is Cc1cc(N)nc(SCCn2ccnc2)n1. The number of thioether (sulfide) groups is 1. The van der Waals surface area contributed by atoms with Crippen molar-refractivity contribution in [1.29, 1.82) is 0 Å². The van der Waals surface area contributed by atoms with Gasteiger partial charge in [0, 0.05) is 36.5 Å². The van der Waals surface area contributed by atoms with Crippen molar-refractivity contribution in [1.82, 2.24) is 19.5 Å². The molecule has 2 aromatic heterocycles. The molecular weight excluding hydrogens is 222 g/mol. The summed E-state index contributed by atoms with van der Waals surface area (Å²) in [6, 6.07) is 1.76. The van der Waals surface area contributed by atoms with Crippen LogP contribution in [0.2, 0.25) is 0 Å². The first-order valence-corrected chi connectivity index (χ1v) is 5.92.